The Morgan fingerprint density at radius 1 is 1.17 bits per heavy atom. The summed E-state index contributed by atoms with van der Waals surface area (Å²) in [6, 6.07) is 12.0. The Balaban J connectivity index is 1.46. The van der Waals surface area contributed by atoms with Crippen LogP contribution in [0, 0.1) is 0 Å². The van der Waals surface area contributed by atoms with Crippen molar-refractivity contribution in [2.45, 2.75) is 38.3 Å². The molecular weight excluding hydrogens is 425 g/mol. The summed E-state index contributed by atoms with van der Waals surface area (Å²) in [6.07, 6.45) is 1.64. The highest BCUT2D eigenvalue weighted by atomic mass is 35.5. The summed E-state index contributed by atoms with van der Waals surface area (Å²) in [6.45, 7) is 2.29. The minimum absolute atomic E-state index is 0.0116. The second kappa shape index (κ2) is 7.93. The number of carbonyl (C=O) groups is 3. The third-order valence-corrected chi connectivity index (χ3v) is 6.28. The molecule has 0 bridgehead atoms. The number of rotatable bonds is 5. The highest BCUT2D eigenvalue weighted by Crippen LogP contribution is 2.44. The van der Waals surface area contributed by atoms with Gasteiger partial charge in [-0.3, -0.25) is 19.3 Å². The first kappa shape index (κ1) is 20.7. The molecule has 8 heteroatoms. The van der Waals surface area contributed by atoms with E-state index in [4.69, 9.17) is 23.2 Å². The fourth-order valence-electron chi connectivity index (χ4n) is 4.24. The normalized spacial score (nSPS) is 20.2. The number of fused-ring (bicyclic) bond motifs is 3. The summed E-state index contributed by atoms with van der Waals surface area (Å²) in [4.78, 5) is 41.6. The number of anilines is 2. The van der Waals surface area contributed by atoms with E-state index in [1.807, 2.05) is 19.1 Å². The molecule has 2 aromatic carbocycles. The van der Waals surface area contributed by atoms with Gasteiger partial charge in [-0.2, -0.15) is 0 Å². The molecule has 4 rings (SSSR count). The minimum Gasteiger partial charge on any atom is -0.325 e. The van der Waals surface area contributed by atoms with Gasteiger partial charge < -0.3 is 10.2 Å². The Morgan fingerprint density at radius 3 is 2.70 bits per heavy atom. The molecule has 2 aromatic rings. The van der Waals surface area contributed by atoms with Crippen molar-refractivity contribution in [3.8, 4) is 0 Å². The maximum absolute atomic E-state index is 13.2. The molecule has 2 heterocycles. The topological polar surface area (TPSA) is 69.7 Å². The van der Waals surface area contributed by atoms with Crippen LogP contribution in [-0.2, 0) is 9.59 Å². The standard InChI is InChI=1S/C22H21Cl2N3O3/c1-22-11-10-20(29)27(22)18-6-3-2-5-15(18)21(30)26(22)12-4-7-19(28)25-17-9-8-14(23)13-16(17)24/h2-3,5-6,8-9,13H,4,7,10-12H2,1H3,(H,25,28). The van der Waals surface area contributed by atoms with Crippen LogP contribution in [0.2, 0.25) is 10.0 Å². The minimum atomic E-state index is -0.710. The number of nitrogens with one attached hydrogen (secondary N) is 1. The van der Waals surface area contributed by atoms with Gasteiger partial charge in [-0.05, 0) is 50.1 Å². The lowest BCUT2D eigenvalue weighted by molar-refractivity contribution is -0.118. The summed E-state index contributed by atoms with van der Waals surface area (Å²) < 4.78 is 0. The number of hydrogen-bond donors (Lipinski definition) is 1. The highest BCUT2D eigenvalue weighted by Gasteiger charge is 2.52. The second-order valence-corrected chi connectivity index (χ2v) is 8.54. The fraction of sp³-hybridized carbons (Fsp3) is 0.318. The molecule has 6 nitrogen and oxygen atoms in total. The zero-order valence-electron chi connectivity index (χ0n) is 16.5. The smallest absolute Gasteiger partial charge is 0.257 e. The molecule has 1 saturated heterocycles. The van der Waals surface area contributed by atoms with Gasteiger partial charge in [-0.1, -0.05) is 35.3 Å². The molecule has 2 aliphatic rings. The Hall–Kier alpha value is -2.57. The summed E-state index contributed by atoms with van der Waals surface area (Å²) in [5.74, 6) is -0.300. The van der Waals surface area contributed by atoms with Crippen LogP contribution < -0.4 is 10.2 Å². The lowest BCUT2D eigenvalue weighted by atomic mass is 9.98. The zero-order valence-corrected chi connectivity index (χ0v) is 18.0. The van der Waals surface area contributed by atoms with E-state index >= 15 is 0 Å². The first-order valence-corrected chi connectivity index (χ1v) is 10.6. The molecule has 0 saturated carbocycles. The van der Waals surface area contributed by atoms with Crippen LogP contribution in [0.15, 0.2) is 42.5 Å². The van der Waals surface area contributed by atoms with Crippen LogP contribution in [-0.4, -0.2) is 34.8 Å². The summed E-state index contributed by atoms with van der Waals surface area (Å²) in [5, 5.41) is 3.63. The van der Waals surface area contributed by atoms with E-state index in [2.05, 4.69) is 5.32 Å². The Bertz CT molecular complexity index is 1040. The van der Waals surface area contributed by atoms with Crippen LogP contribution in [0.3, 0.4) is 0 Å². The van der Waals surface area contributed by atoms with Crippen molar-refractivity contribution in [2.75, 3.05) is 16.8 Å². The number of halogens is 2. The third kappa shape index (κ3) is 3.55. The summed E-state index contributed by atoms with van der Waals surface area (Å²) >= 11 is 12.0. The molecule has 2 aliphatic heterocycles. The molecule has 30 heavy (non-hydrogen) atoms. The summed E-state index contributed by atoms with van der Waals surface area (Å²) in [5.41, 5.74) is 0.966. The first-order valence-electron chi connectivity index (χ1n) is 9.80. The number of nitrogens with zero attached hydrogens (tertiary/aromatic N) is 2. The van der Waals surface area contributed by atoms with E-state index in [9.17, 15) is 14.4 Å². The molecule has 1 atom stereocenters. The number of carbonyl (C=O) groups excluding carboxylic acids is 3. The van der Waals surface area contributed by atoms with Gasteiger partial charge in [-0.25, -0.2) is 0 Å². The van der Waals surface area contributed by atoms with Crippen molar-refractivity contribution in [3.63, 3.8) is 0 Å². The lowest BCUT2D eigenvalue weighted by Crippen LogP contribution is -2.62. The number of hydrogen-bond acceptors (Lipinski definition) is 3. The molecule has 1 unspecified atom stereocenters. The van der Waals surface area contributed by atoms with Crippen molar-refractivity contribution in [3.05, 3.63) is 58.1 Å². The van der Waals surface area contributed by atoms with E-state index in [0.29, 0.717) is 52.8 Å². The van der Waals surface area contributed by atoms with Gasteiger partial charge in [0.1, 0.15) is 5.66 Å². The molecule has 1 fully saturated rings. The van der Waals surface area contributed by atoms with Crippen molar-refractivity contribution in [1.82, 2.24) is 4.90 Å². The second-order valence-electron chi connectivity index (χ2n) is 7.70. The average Bonchev–Trinajstić information content (AvgIpc) is 3.02. The van der Waals surface area contributed by atoms with Gasteiger partial charge in [-0.15, -0.1) is 0 Å². The van der Waals surface area contributed by atoms with Crippen LogP contribution in [0.5, 0.6) is 0 Å². The van der Waals surface area contributed by atoms with Gasteiger partial charge in [0.15, 0.2) is 0 Å². The highest BCUT2D eigenvalue weighted by molar-refractivity contribution is 6.36. The monoisotopic (exact) mass is 445 g/mol. The average molecular weight is 446 g/mol. The van der Waals surface area contributed by atoms with Gasteiger partial charge in [0.05, 0.1) is 22.0 Å². The van der Waals surface area contributed by atoms with E-state index in [-0.39, 0.29) is 24.1 Å². The molecule has 0 aliphatic carbocycles. The number of benzene rings is 2. The molecule has 0 aromatic heterocycles. The molecule has 0 radical (unpaired) electrons. The lowest BCUT2D eigenvalue weighted by Gasteiger charge is -2.48. The van der Waals surface area contributed by atoms with Gasteiger partial charge in [0.2, 0.25) is 11.8 Å². The molecule has 1 N–H and O–H groups in total. The van der Waals surface area contributed by atoms with Crippen molar-refractivity contribution in [2.24, 2.45) is 0 Å². The predicted molar refractivity (Wildman–Crippen MR) is 117 cm³/mol. The van der Waals surface area contributed by atoms with Crippen molar-refractivity contribution >= 4 is 52.3 Å². The molecule has 0 spiro atoms. The maximum atomic E-state index is 13.2. The number of amides is 3. The molecule has 3 amide bonds. The van der Waals surface area contributed by atoms with Crippen LogP contribution in [0.1, 0.15) is 43.0 Å². The Morgan fingerprint density at radius 2 is 1.93 bits per heavy atom. The molecule has 156 valence electrons. The van der Waals surface area contributed by atoms with Gasteiger partial charge in [0.25, 0.3) is 5.91 Å². The van der Waals surface area contributed by atoms with Crippen LogP contribution >= 0.6 is 23.2 Å². The SMILES string of the molecule is CC12CCC(=O)N1c1ccccc1C(=O)N2CCCC(=O)Nc1ccc(Cl)cc1Cl. The van der Waals surface area contributed by atoms with E-state index in [0.717, 1.165) is 0 Å². The van der Waals surface area contributed by atoms with Crippen LogP contribution in [0.25, 0.3) is 0 Å². The van der Waals surface area contributed by atoms with Crippen molar-refractivity contribution < 1.29 is 14.4 Å². The van der Waals surface area contributed by atoms with Crippen molar-refractivity contribution in [1.29, 1.82) is 0 Å². The predicted octanol–water partition coefficient (Wildman–Crippen LogP) is 4.71. The maximum Gasteiger partial charge on any atom is 0.257 e. The van der Waals surface area contributed by atoms with E-state index < -0.39 is 5.66 Å². The van der Waals surface area contributed by atoms with Crippen LogP contribution in [0.4, 0.5) is 11.4 Å². The van der Waals surface area contributed by atoms with E-state index in [1.165, 1.54) is 0 Å². The summed E-state index contributed by atoms with van der Waals surface area (Å²) in [7, 11) is 0. The fourth-order valence-corrected chi connectivity index (χ4v) is 4.70. The zero-order chi connectivity index (χ0) is 21.5. The Kier molecular flexibility index (Phi) is 5.47. The van der Waals surface area contributed by atoms with E-state index in [1.54, 1.807) is 40.1 Å². The third-order valence-electron chi connectivity index (χ3n) is 5.74. The largest absolute Gasteiger partial charge is 0.325 e. The van der Waals surface area contributed by atoms with Gasteiger partial charge in [0, 0.05) is 24.4 Å². The first-order chi connectivity index (χ1) is 14.3. The Labute approximate surface area is 184 Å². The molecular formula is C22H21Cl2N3O3. The van der Waals surface area contributed by atoms with Gasteiger partial charge >= 0.3 is 0 Å². The quantitative estimate of drug-likeness (QED) is 0.723. The number of para-hydroxylation sites is 1.